The second kappa shape index (κ2) is 24.1. The Bertz CT molecular complexity index is 1190. The first-order valence-electron chi connectivity index (χ1n) is 15.5. The van der Waals surface area contributed by atoms with Crippen molar-refractivity contribution in [1.29, 1.82) is 0 Å². The van der Waals surface area contributed by atoms with Gasteiger partial charge in [-0.3, -0.25) is 0 Å². The standard InChI is InChI=1S/C32H50O8S2.2Na/c1-3-5-7-9-11-13-15-17-27-19-21-29(31(25-27)41(33,34)35)39-23-24-40-30-22-20-28(26-32(30)42(36,37)38)18-16-14-12-10-8-6-4-2;;/h19-22,25-26H,3-18,23-24H2,1-2H3,(H,33,34,35)(H,36,37,38);;/q;2*+1/p-2. The maximum Gasteiger partial charge on any atom is 1.00 e. The van der Waals surface area contributed by atoms with Crippen LogP contribution >= 0.6 is 0 Å². The van der Waals surface area contributed by atoms with E-state index in [-0.39, 0.29) is 83.8 Å². The topological polar surface area (TPSA) is 133 Å². The molecule has 0 amide bonds. The molecule has 0 radical (unpaired) electrons. The molecule has 2 aromatic carbocycles. The van der Waals surface area contributed by atoms with E-state index in [9.17, 15) is 25.9 Å². The Morgan fingerprint density at radius 1 is 0.523 bits per heavy atom. The molecule has 238 valence electrons. The van der Waals surface area contributed by atoms with Crippen LogP contribution in [0.25, 0.3) is 0 Å². The Morgan fingerprint density at radius 2 is 0.841 bits per heavy atom. The van der Waals surface area contributed by atoms with Crippen LogP contribution in [0, 0.1) is 0 Å². The summed E-state index contributed by atoms with van der Waals surface area (Å²) >= 11 is 0. The Morgan fingerprint density at radius 3 is 1.16 bits per heavy atom. The van der Waals surface area contributed by atoms with Gasteiger partial charge in [0.2, 0.25) is 0 Å². The van der Waals surface area contributed by atoms with Gasteiger partial charge < -0.3 is 18.6 Å². The van der Waals surface area contributed by atoms with Crippen LogP contribution in [0.2, 0.25) is 0 Å². The minimum absolute atomic E-state index is 0. The monoisotopic (exact) mass is 670 g/mol. The van der Waals surface area contributed by atoms with E-state index >= 15 is 0 Å². The van der Waals surface area contributed by atoms with E-state index in [1.807, 2.05) is 0 Å². The molecule has 0 N–H and O–H groups in total. The molecule has 0 unspecified atom stereocenters. The Balaban J connectivity index is 0.00000924. The molecule has 44 heavy (non-hydrogen) atoms. The largest absolute Gasteiger partial charge is 1.00 e. The Labute approximate surface area is 310 Å². The Kier molecular flexibility index (Phi) is 24.0. The first-order chi connectivity index (χ1) is 20.1. The first-order valence-corrected chi connectivity index (χ1v) is 18.3. The maximum absolute atomic E-state index is 11.9. The van der Waals surface area contributed by atoms with Gasteiger partial charge in [-0.25, -0.2) is 16.8 Å². The number of benzene rings is 2. The van der Waals surface area contributed by atoms with Gasteiger partial charge in [0, 0.05) is 0 Å². The number of unbranched alkanes of at least 4 members (excludes halogenated alkanes) is 12. The van der Waals surface area contributed by atoms with E-state index in [1.54, 1.807) is 12.1 Å². The van der Waals surface area contributed by atoms with E-state index in [2.05, 4.69) is 13.8 Å². The van der Waals surface area contributed by atoms with E-state index in [1.165, 1.54) is 75.6 Å². The zero-order valence-electron chi connectivity index (χ0n) is 27.3. The molecule has 2 rings (SSSR count). The second-order valence-electron chi connectivity index (χ2n) is 10.9. The van der Waals surface area contributed by atoms with Crippen LogP contribution in [0.1, 0.15) is 115 Å². The van der Waals surface area contributed by atoms with Gasteiger partial charge in [-0.2, -0.15) is 0 Å². The minimum Gasteiger partial charge on any atom is -0.744 e. The molecule has 0 aromatic heterocycles. The normalized spacial score (nSPS) is 11.5. The summed E-state index contributed by atoms with van der Waals surface area (Å²) in [5.41, 5.74) is 1.51. The quantitative estimate of drug-likeness (QED) is 0.0989. The van der Waals surface area contributed by atoms with Crippen molar-refractivity contribution < 1.29 is 94.5 Å². The average Bonchev–Trinajstić information content (AvgIpc) is 2.94. The van der Waals surface area contributed by atoms with Crippen molar-refractivity contribution in [1.82, 2.24) is 0 Å². The predicted octanol–water partition coefficient (Wildman–Crippen LogP) is 1.55. The predicted molar refractivity (Wildman–Crippen MR) is 163 cm³/mol. The number of hydrogen-bond acceptors (Lipinski definition) is 8. The van der Waals surface area contributed by atoms with Crippen LogP contribution in [-0.4, -0.2) is 39.2 Å². The summed E-state index contributed by atoms with van der Waals surface area (Å²) in [6.45, 7) is 4.04. The third kappa shape index (κ3) is 17.7. The van der Waals surface area contributed by atoms with Gasteiger partial charge in [0.1, 0.15) is 44.9 Å². The SMILES string of the molecule is CCCCCCCCCc1ccc(OCCOc2ccc(CCCCCCCCC)cc2S(=O)(=O)[O-])c(S(=O)(=O)[O-])c1.[Na+].[Na+]. The van der Waals surface area contributed by atoms with E-state index in [0.717, 1.165) is 49.7 Å². The molecular weight excluding hydrogens is 622 g/mol. The molecule has 0 heterocycles. The van der Waals surface area contributed by atoms with Gasteiger partial charge in [-0.05, 0) is 61.1 Å². The molecule has 0 saturated carbocycles. The zero-order chi connectivity index (χ0) is 30.8. The van der Waals surface area contributed by atoms with Crippen LogP contribution in [0.15, 0.2) is 46.2 Å². The summed E-state index contributed by atoms with van der Waals surface area (Å²) in [6, 6.07) is 9.15. The summed E-state index contributed by atoms with van der Waals surface area (Å²) in [4.78, 5) is -0.860. The van der Waals surface area contributed by atoms with Crippen molar-refractivity contribution in [3.8, 4) is 11.5 Å². The molecule has 12 heteroatoms. The first kappa shape index (κ1) is 43.9. The van der Waals surface area contributed by atoms with Gasteiger partial charge in [0.05, 0.1) is 9.79 Å². The smallest absolute Gasteiger partial charge is 0.744 e. The van der Waals surface area contributed by atoms with Gasteiger partial charge in [-0.1, -0.05) is 103 Å². The van der Waals surface area contributed by atoms with Crippen LogP contribution < -0.4 is 68.6 Å². The summed E-state index contributed by atoms with van der Waals surface area (Å²) in [5.74, 6) is -0.169. The van der Waals surface area contributed by atoms with E-state index in [0.29, 0.717) is 12.8 Å². The van der Waals surface area contributed by atoms with Crippen molar-refractivity contribution in [2.45, 2.75) is 126 Å². The molecule has 0 spiro atoms. The van der Waals surface area contributed by atoms with Crippen LogP contribution in [-0.2, 0) is 33.1 Å². The summed E-state index contributed by atoms with van der Waals surface area (Å²) in [7, 11) is -9.55. The molecule has 0 atom stereocenters. The summed E-state index contributed by atoms with van der Waals surface area (Å²) in [6.07, 6.45) is 17.2. The average molecular weight is 671 g/mol. The molecule has 0 bridgehead atoms. The van der Waals surface area contributed by atoms with Gasteiger partial charge >= 0.3 is 59.1 Å². The molecule has 0 aliphatic heterocycles. The molecule has 8 nitrogen and oxygen atoms in total. The molecule has 0 saturated heterocycles. The third-order valence-electron chi connectivity index (χ3n) is 7.29. The molecule has 0 aliphatic carbocycles. The van der Waals surface area contributed by atoms with Crippen LogP contribution in [0.4, 0.5) is 0 Å². The molecule has 0 aliphatic rings. The second-order valence-corrected chi connectivity index (χ2v) is 13.6. The van der Waals surface area contributed by atoms with Gasteiger partial charge in [-0.15, -0.1) is 0 Å². The fourth-order valence-electron chi connectivity index (χ4n) is 4.92. The fraction of sp³-hybridized carbons (Fsp3) is 0.625. The van der Waals surface area contributed by atoms with Crippen molar-refractivity contribution in [3.63, 3.8) is 0 Å². The van der Waals surface area contributed by atoms with Gasteiger partial charge in [0.15, 0.2) is 0 Å². The zero-order valence-corrected chi connectivity index (χ0v) is 32.9. The molecule has 0 fully saturated rings. The molecule has 2 aromatic rings. The number of ether oxygens (including phenoxy) is 2. The van der Waals surface area contributed by atoms with Gasteiger partial charge in [0.25, 0.3) is 0 Å². The number of rotatable bonds is 23. The number of aryl methyl sites for hydroxylation is 2. The maximum atomic E-state index is 11.9. The Hall–Kier alpha value is -0.140. The summed E-state index contributed by atoms with van der Waals surface area (Å²) < 4.78 is 82.5. The van der Waals surface area contributed by atoms with Crippen molar-refractivity contribution in [2.75, 3.05) is 13.2 Å². The fourth-order valence-corrected chi connectivity index (χ4v) is 6.26. The van der Waals surface area contributed by atoms with E-state index < -0.39 is 30.0 Å². The number of hydrogen-bond donors (Lipinski definition) is 0. The van der Waals surface area contributed by atoms with Crippen molar-refractivity contribution >= 4 is 20.2 Å². The van der Waals surface area contributed by atoms with Crippen LogP contribution in [0.5, 0.6) is 11.5 Å². The summed E-state index contributed by atoms with van der Waals surface area (Å²) in [5, 5.41) is 0. The minimum atomic E-state index is -4.77. The molecular formula is C32H48Na2O8S2. The third-order valence-corrected chi connectivity index (χ3v) is 9.01. The van der Waals surface area contributed by atoms with Crippen molar-refractivity contribution in [2.24, 2.45) is 0 Å². The van der Waals surface area contributed by atoms with E-state index in [4.69, 9.17) is 9.47 Å². The van der Waals surface area contributed by atoms with Crippen LogP contribution in [0.3, 0.4) is 0 Å². The van der Waals surface area contributed by atoms with Crippen molar-refractivity contribution in [3.05, 3.63) is 47.5 Å².